The van der Waals surface area contributed by atoms with Gasteiger partial charge in [0, 0.05) is 31.7 Å². The molecule has 1 aliphatic rings. The van der Waals surface area contributed by atoms with E-state index in [1.807, 2.05) is 0 Å². The number of benzene rings is 1. The summed E-state index contributed by atoms with van der Waals surface area (Å²) in [5, 5.41) is 0.652. The van der Waals surface area contributed by atoms with Crippen molar-refractivity contribution in [1.82, 2.24) is 14.8 Å². The number of nitrogens with zero attached hydrogens (tertiary/aromatic N) is 3. The molecule has 0 bridgehead atoms. The molecule has 5 heteroatoms. The zero-order valence-electron chi connectivity index (χ0n) is 12.3. The number of nitrogens with two attached hydrogens (primary N) is 1. The average Bonchev–Trinajstić information content (AvgIpc) is 2.75. The lowest BCUT2D eigenvalue weighted by Crippen LogP contribution is -2.54. The van der Waals surface area contributed by atoms with Gasteiger partial charge in [-0.3, -0.25) is 9.80 Å². The standard InChI is InChI=1S/C15H22N4S/c1-10-7-19(8-11(2)18(10)3)9-12-4-5-13-14(6-12)20-15(16)17-13/h4-6,10-11H,7-9H2,1-3H3,(H2,16,17). The highest BCUT2D eigenvalue weighted by Gasteiger charge is 2.26. The van der Waals surface area contributed by atoms with Gasteiger partial charge in [0.2, 0.25) is 0 Å². The van der Waals surface area contributed by atoms with Crippen LogP contribution in [0.15, 0.2) is 18.2 Å². The highest BCUT2D eigenvalue weighted by molar-refractivity contribution is 7.22. The normalized spacial score (nSPS) is 25.4. The van der Waals surface area contributed by atoms with Gasteiger partial charge >= 0.3 is 0 Å². The third-order valence-corrected chi connectivity index (χ3v) is 5.16. The van der Waals surface area contributed by atoms with Crippen molar-refractivity contribution in [2.45, 2.75) is 32.5 Å². The zero-order valence-corrected chi connectivity index (χ0v) is 13.2. The van der Waals surface area contributed by atoms with Crippen LogP contribution in [-0.4, -0.2) is 47.0 Å². The van der Waals surface area contributed by atoms with Crippen molar-refractivity contribution in [2.24, 2.45) is 0 Å². The monoisotopic (exact) mass is 290 g/mol. The van der Waals surface area contributed by atoms with Gasteiger partial charge in [0.15, 0.2) is 5.13 Å². The highest BCUT2D eigenvalue weighted by Crippen LogP contribution is 2.25. The molecule has 0 radical (unpaired) electrons. The zero-order chi connectivity index (χ0) is 14.3. The quantitative estimate of drug-likeness (QED) is 0.922. The van der Waals surface area contributed by atoms with Crippen LogP contribution in [0.1, 0.15) is 19.4 Å². The number of rotatable bonds is 2. The second kappa shape index (κ2) is 5.31. The molecule has 0 saturated carbocycles. The van der Waals surface area contributed by atoms with Crippen molar-refractivity contribution in [2.75, 3.05) is 25.9 Å². The van der Waals surface area contributed by atoms with E-state index in [9.17, 15) is 0 Å². The average molecular weight is 290 g/mol. The summed E-state index contributed by atoms with van der Waals surface area (Å²) in [7, 11) is 2.22. The molecule has 2 heterocycles. The molecule has 2 unspecified atom stereocenters. The number of hydrogen-bond acceptors (Lipinski definition) is 5. The van der Waals surface area contributed by atoms with Gasteiger partial charge in [0.1, 0.15) is 0 Å². The topological polar surface area (TPSA) is 45.4 Å². The lowest BCUT2D eigenvalue weighted by atomic mass is 10.1. The Morgan fingerprint density at radius 2 is 2.00 bits per heavy atom. The third kappa shape index (κ3) is 2.66. The molecule has 20 heavy (non-hydrogen) atoms. The minimum Gasteiger partial charge on any atom is -0.375 e. The molecule has 3 rings (SSSR count). The van der Waals surface area contributed by atoms with E-state index in [1.54, 1.807) is 11.3 Å². The molecule has 0 amide bonds. The van der Waals surface area contributed by atoms with E-state index >= 15 is 0 Å². The van der Waals surface area contributed by atoms with Crippen molar-refractivity contribution in [3.63, 3.8) is 0 Å². The van der Waals surface area contributed by atoms with Gasteiger partial charge in [-0.15, -0.1) is 0 Å². The van der Waals surface area contributed by atoms with Gasteiger partial charge < -0.3 is 5.73 Å². The summed E-state index contributed by atoms with van der Waals surface area (Å²) in [6, 6.07) is 7.72. The van der Waals surface area contributed by atoms with Crippen molar-refractivity contribution < 1.29 is 0 Å². The third-order valence-electron chi connectivity index (χ3n) is 4.31. The number of fused-ring (bicyclic) bond motifs is 1. The number of nitrogen functional groups attached to an aromatic ring is 1. The van der Waals surface area contributed by atoms with Crippen LogP contribution in [0.25, 0.3) is 10.2 Å². The molecular formula is C15H22N4S. The van der Waals surface area contributed by atoms with Crippen LogP contribution >= 0.6 is 11.3 Å². The van der Waals surface area contributed by atoms with Crippen LogP contribution in [-0.2, 0) is 6.54 Å². The molecule has 2 atom stereocenters. The first-order valence-electron chi connectivity index (χ1n) is 7.12. The van der Waals surface area contributed by atoms with Crippen molar-refractivity contribution in [1.29, 1.82) is 0 Å². The van der Waals surface area contributed by atoms with Crippen LogP contribution in [0.5, 0.6) is 0 Å². The molecule has 1 fully saturated rings. The molecule has 108 valence electrons. The molecule has 1 saturated heterocycles. The summed E-state index contributed by atoms with van der Waals surface area (Å²) >= 11 is 1.57. The fraction of sp³-hybridized carbons (Fsp3) is 0.533. The van der Waals surface area contributed by atoms with Crippen LogP contribution < -0.4 is 5.73 Å². The summed E-state index contributed by atoms with van der Waals surface area (Å²) < 4.78 is 1.19. The molecule has 2 aromatic rings. The summed E-state index contributed by atoms with van der Waals surface area (Å²) in [6.45, 7) is 7.87. The Kier molecular flexibility index (Phi) is 3.67. The highest BCUT2D eigenvalue weighted by atomic mass is 32.1. The predicted molar refractivity (Wildman–Crippen MR) is 86.0 cm³/mol. The molecular weight excluding hydrogens is 268 g/mol. The fourth-order valence-electron chi connectivity index (χ4n) is 2.99. The van der Waals surface area contributed by atoms with E-state index in [-0.39, 0.29) is 0 Å². The maximum atomic E-state index is 5.77. The van der Waals surface area contributed by atoms with E-state index in [0.29, 0.717) is 17.2 Å². The Hall–Kier alpha value is -1.17. The minimum absolute atomic E-state index is 0.613. The van der Waals surface area contributed by atoms with Crippen molar-refractivity contribution >= 4 is 26.7 Å². The van der Waals surface area contributed by atoms with Gasteiger partial charge in [-0.2, -0.15) is 0 Å². The largest absolute Gasteiger partial charge is 0.375 e. The lowest BCUT2D eigenvalue weighted by Gasteiger charge is -2.42. The Morgan fingerprint density at radius 1 is 1.30 bits per heavy atom. The van der Waals surface area contributed by atoms with Crippen molar-refractivity contribution in [3.05, 3.63) is 23.8 Å². The van der Waals surface area contributed by atoms with Gasteiger partial charge in [-0.1, -0.05) is 17.4 Å². The first-order chi connectivity index (χ1) is 9.52. The Bertz CT molecular complexity index is 597. The van der Waals surface area contributed by atoms with Crippen molar-refractivity contribution in [3.8, 4) is 0 Å². The smallest absolute Gasteiger partial charge is 0.181 e. The molecule has 1 aromatic heterocycles. The molecule has 1 aromatic carbocycles. The van der Waals surface area contributed by atoms with E-state index in [1.165, 1.54) is 10.3 Å². The van der Waals surface area contributed by atoms with Gasteiger partial charge in [-0.25, -0.2) is 4.98 Å². The maximum absolute atomic E-state index is 5.77. The SMILES string of the molecule is CC1CN(Cc2ccc3nc(N)sc3c2)CC(C)N1C. The van der Waals surface area contributed by atoms with Crippen LogP contribution in [0.4, 0.5) is 5.13 Å². The molecule has 1 aliphatic heterocycles. The lowest BCUT2D eigenvalue weighted by molar-refractivity contribution is 0.0556. The van der Waals surface area contributed by atoms with Gasteiger partial charge in [-0.05, 0) is 38.6 Å². The van der Waals surface area contributed by atoms with Gasteiger partial charge in [0.25, 0.3) is 0 Å². The summed E-state index contributed by atoms with van der Waals surface area (Å²) in [5.74, 6) is 0. The van der Waals surface area contributed by atoms with E-state index < -0.39 is 0 Å². The number of aromatic nitrogens is 1. The predicted octanol–water partition coefficient (Wildman–Crippen LogP) is 2.40. The van der Waals surface area contributed by atoms with E-state index in [0.717, 1.165) is 25.2 Å². The van der Waals surface area contributed by atoms with E-state index in [2.05, 4.69) is 53.9 Å². The Labute approximate surface area is 124 Å². The minimum atomic E-state index is 0.613. The Morgan fingerprint density at radius 3 is 2.70 bits per heavy atom. The second-order valence-electron chi connectivity index (χ2n) is 5.91. The fourth-order valence-corrected chi connectivity index (χ4v) is 3.78. The second-order valence-corrected chi connectivity index (χ2v) is 6.97. The first-order valence-corrected chi connectivity index (χ1v) is 7.94. The van der Waals surface area contributed by atoms with Crippen LogP contribution in [0.2, 0.25) is 0 Å². The maximum Gasteiger partial charge on any atom is 0.181 e. The summed E-state index contributed by atoms with van der Waals surface area (Å²) in [4.78, 5) is 9.32. The number of hydrogen-bond donors (Lipinski definition) is 1. The Balaban J connectivity index is 1.75. The molecule has 0 spiro atoms. The van der Waals surface area contributed by atoms with E-state index in [4.69, 9.17) is 5.73 Å². The molecule has 2 N–H and O–H groups in total. The number of piperazine rings is 1. The molecule has 4 nitrogen and oxygen atoms in total. The number of thiazole rings is 1. The number of anilines is 1. The van der Waals surface area contributed by atoms with Crippen LogP contribution in [0.3, 0.4) is 0 Å². The van der Waals surface area contributed by atoms with Gasteiger partial charge in [0.05, 0.1) is 10.2 Å². The van der Waals surface area contributed by atoms with Crippen LogP contribution in [0, 0.1) is 0 Å². The first kappa shape index (κ1) is 13.8. The summed E-state index contributed by atoms with van der Waals surface area (Å²) in [5.41, 5.74) is 8.13. The summed E-state index contributed by atoms with van der Waals surface area (Å²) in [6.07, 6.45) is 0. The number of likely N-dealkylation sites (N-methyl/N-ethyl adjacent to an activating group) is 1. The molecule has 0 aliphatic carbocycles.